The van der Waals surface area contributed by atoms with Crippen molar-refractivity contribution in [3.05, 3.63) is 18.7 Å². The zero-order chi connectivity index (χ0) is 13.8. The number of hydrogen-bond donors (Lipinski definition) is 1. The van der Waals surface area contributed by atoms with E-state index in [1.165, 1.54) is 0 Å². The lowest BCUT2D eigenvalue weighted by Crippen LogP contribution is -2.41. The highest BCUT2D eigenvalue weighted by molar-refractivity contribution is 5.80. The van der Waals surface area contributed by atoms with Gasteiger partial charge in [-0.2, -0.15) is 0 Å². The molecule has 0 spiro atoms. The number of carbonyl (C=O) groups excluding carboxylic acids is 1. The molecule has 1 amide bonds. The molecule has 0 aromatic carbocycles. The number of aliphatic carboxylic acids is 1. The Bertz CT molecular complexity index is 436. The van der Waals surface area contributed by atoms with Crippen LogP contribution in [0.25, 0.3) is 0 Å². The first kappa shape index (κ1) is 13.6. The van der Waals surface area contributed by atoms with Gasteiger partial charge >= 0.3 is 5.97 Å². The summed E-state index contributed by atoms with van der Waals surface area (Å²) in [6.45, 7) is 3.15. The highest BCUT2D eigenvalue weighted by Crippen LogP contribution is 2.22. The molecule has 1 saturated heterocycles. The van der Waals surface area contributed by atoms with Gasteiger partial charge in [0, 0.05) is 31.9 Å². The molecular weight excluding hydrogens is 246 g/mol. The Morgan fingerprint density at radius 3 is 2.63 bits per heavy atom. The van der Waals surface area contributed by atoms with Crippen LogP contribution in [0.3, 0.4) is 0 Å². The number of aromatic nitrogens is 2. The summed E-state index contributed by atoms with van der Waals surface area (Å²) in [5.74, 6) is -0.478. The molecule has 1 aliphatic heterocycles. The first-order chi connectivity index (χ1) is 9.08. The minimum Gasteiger partial charge on any atom is -0.481 e. The van der Waals surface area contributed by atoms with Crippen molar-refractivity contribution in [2.75, 3.05) is 13.1 Å². The van der Waals surface area contributed by atoms with Gasteiger partial charge in [0.15, 0.2) is 0 Å². The standard InChI is InChI=1S/C13H19N3O3/c1-10(16-7-4-14-9-16)13(19)15-5-2-11(3-6-15)8-12(17)18/h4,7,9-11H,2-3,5-6,8H2,1H3,(H,17,18). The summed E-state index contributed by atoms with van der Waals surface area (Å²) in [6.07, 6.45) is 6.82. The van der Waals surface area contributed by atoms with E-state index in [9.17, 15) is 9.59 Å². The van der Waals surface area contributed by atoms with E-state index < -0.39 is 5.97 Å². The average molecular weight is 265 g/mol. The maximum atomic E-state index is 12.3. The van der Waals surface area contributed by atoms with Gasteiger partial charge in [-0.1, -0.05) is 0 Å². The summed E-state index contributed by atoms with van der Waals surface area (Å²) >= 11 is 0. The molecule has 0 bridgehead atoms. The van der Waals surface area contributed by atoms with Gasteiger partial charge < -0.3 is 14.6 Å². The number of carboxylic acid groups (broad SMARTS) is 1. The molecule has 1 aromatic heterocycles. The number of nitrogens with zero attached hydrogens (tertiary/aromatic N) is 3. The van der Waals surface area contributed by atoms with Crippen molar-refractivity contribution in [3.8, 4) is 0 Å². The van der Waals surface area contributed by atoms with E-state index in [-0.39, 0.29) is 24.3 Å². The van der Waals surface area contributed by atoms with Crippen molar-refractivity contribution in [2.45, 2.75) is 32.2 Å². The van der Waals surface area contributed by atoms with E-state index in [4.69, 9.17) is 5.11 Å². The molecule has 2 rings (SSSR count). The number of amides is 1. The Labute approximate surface area is 112 Å². The molecule has 1 aromatic rings. The molecule has 1 unspecified atom stereocenters. The number of hydrogen-bond acceptors (Lipinski definition) is 3. The van der Waals surface area contributed by atoms with Crippen LogP contribution in [0.1, 0.15) is 32.2 Å². The smallest absolute Gasteiger partial charge is 0.303 e. The zero-order valence-corrected chi connectivity index (χ0v) is 11.0. The summed E-state index contributed by atoms with van der Waals surface area (Å²) < 4.78 is 1.78. The van der Waals surface area contributed by atoms with Gasteiger partial charge in [-0.15, -0.1) is 0 Å². The summed E-state index contributed by atoms with van der Waals surface area (Å²) in [5.41, 5.74) is 0. The lowest BCUT2D eigenvalue weighted by Gasteiger charge is -2.33. The third-order valence-corrected chi connectivity index (χ3v) is 3.72. The predicted octanol–water partition coefficient (Wildman–Crippen LogP) is 1.16. The van der Waals surface area contributed by atoms with Crippen molar-refractivity contribution in [1.82, 2.24) is 14.5 Å². The molecule has 6 heteroatoms. The van der Waals surface area contributed by atoms with Gasteiger partial charge in [0.1, 0.15) is 6.04 Å². The number of carbonyl (C=O) groups is 2. The van der Waals surface area contributed by atoms with Gasteiger partial charge in [-0.3, -0.25) is 9.59 Å². The molecule has 0 aliphatic carbocycles. The third kappa shape index (κ3) is 3.33. The predicted molar refractivity (Wildman–Crippen MR) is 68.5 cm³/mol. The fourth-order valence-corrected chi connectivity index (χ4v) is 2.49. The second-order valence-electron chi connectivity index (χ2n) is 5.05. The Hall–Kier alpha value is -1.85. The highest BCUT2D eigenvalue weighted by Gasteiger charge is 2.27. The van der Waals surface area contributed by atoms with E-state index in [1.807, 2.05) is 11.8 Å². The molecule has 19 heavy (non-hydrogen) atoms. The van der Waals surface area contributed by atoms with E-state index in [0.717, 1.165) is 12.8 Å². The number of piperidine rings is 1. The van der Waals surface area contributed by atoms with Gasteiger partial charge in [-0.05, 0) is 25.7 Å². The zero-order valence-electron chi connectivity index (χ0n) is 11.0. The van der Waals surface area contributed by atoms with Gasteiger partial charge in [0.2, 0.25) is 5.91 Å². The lowest BCUT2D eigenvalue weighted by molar-refractivity contribution is -0.139. The first-order valence-corrected chi connectivity index (χ1v) is 6.56. The Morgan fingerprint density at radius 2 is 2.11 bits per heavy atom. The number of carboxylic acids is 1. The fraction of sp³-hybridized carbons (Fsp3) is 0.615. The SMILES string of the molecule is CC(C(=O)N1CCC(CC(=O)O)CC1)n1ccnc1. The normalized spacial score (nSPS) is 18.3. The van der Waals surface area contributed by atoms with Crippen molar-refractivity contribution in [2.24, 2.45) is 5.92 Å². The summed E-state index contributed by atoms with van der Waals surface area (Å²) in [4.78, 5) is 28.7. The molecular formula is C13H19N3O3. The summed E-state index contributed by atoms with van der Waals surface area (Å²) in [6, 6.07) is -0.251. The average Bonchev–Trinajstić information content (AvgIpc) is 2.91. The maximum Gasteiger partial charge on any atom is 0.303 e. The van der Waals surface area contributed by atoms with Crippen LogP contribution in [-0.2, 0) is 9.59 Å². The third-order valence-electron chi connectivity index (χ3n) is 3.72. The van der Waals surface area contributed by atoms with Crippen LogP contribution in [0.5, 0.6) is 0 Å². The van der Waals surface area contributed by atoms with E-state index >= 15 is 0 Å². The monoisotopic (exact) mass is 265 g/mol. The minimum atomic E-state index is -0.753. The van der Waals surface area contributed by atoms with E-state index in [2.05, 4.69) is 4.98 Å². The molecule has 1 atom stereocenters. The van der Waals surface area contributed by atoms with Crippen LogP contribution in [0.2, 0.25) is 0 Å². The fourth-order valence-electron chi connectivity index (χ4n) is 2.49. The topological polar surface area (TPSA) is 75.4 Å². The quantitative estimate of drug-likeness (QED) is 0.886. The summed E-state index contributed by atoms with van der Waals surface area (Å²) in [5, 5.41) is 8.76. The van der Waals surface area contributed by atoms with Crippen molar-refractivity contribution in [1.29, 1.82) is 0 Å². The van der Waals surface area contributed by atoms with E-state index in [0.29, 0.717) is 13.1 Å². The maximum absolute atomic E-state index is 12.3. The number of rotatable bonds is 4. The Morgan fingerprint density at radius 1 is 1.42 bits per heavy atom. The summed E-state index contributed by atoms with van der Waals surface area (Å²) in [7, 11) is 0. The van der Waals surface area contributed by atoms with Crippen molar-refractivity contribution >= 4 is 11.9 Å². The molecule has 104 valence electrons. The van der Waals surface area contributed by atoms with Crippen LogP contribution >= 0.6 is 0 Å². The van der Waals surface area contributed by atoms with E-state index in [1.54, 1.807) is 23.3 Å². The molecule has 1 fully saturated rings. The molecule has 0 saturated carbocycles. The molecule has 2 heterocycles. The van der Waals surface area contributed by atoms with Crippen molar-refractivity contribution < 1.29 is 14.7 Å². The van der Waals surface area contributed by atoms with Gasteiger partial charge in [0.05, 0.1) is 6.33 Å². The number of imidazole rings is 1. The second-order valence-corrected chi connectivity index (χ2v) is 5.05. The van der Waals surface area contributed by atoms with Crippen LogP contribution < -0.4 is 0 Å². The first-order valence-electron chi connectivity index (χ1n) is 6.56. The molecule has 0 radical (unpaired) electrons. The van der Waals surface area contributed by atoms with Crippen LogP contribution in [0, 0.1) is 5.92 Å². The van der Waals surface area contributed by atoms with Gasteiger partial charge in [0.25, 0.3) is 0 Å². The van der Waals surface area contributed by atoms with Gasteiger partial charge in [-0.25, -0.2) is 4.98 Å². The van der Waals surface area contributed by atoms with Crippen LogP contribution in [0.15, 0.2) is 18.7 Å². The second kappa shape index (κ2) is 5.86. The lowest BCUT2D eigenvalue weighted by atomic mass is 9.93. The molecule has 1 N–H and O–H groups in total. The molecule has 1 aliphatic rings. The molecule has 6 nitrogen and oxygen atoms in total. The number of likely N-dealkylation sites (tertiary alicyclic amines) is 1. The highest BCUT2D eigenvalue weighted by atomic mass is 16.4. The minimum absolute atomic E-state index is 0.0757. The largest absolute Gasteiger partial charge is 0.481 e. The Kier molecular flexibility index (Phi) is 4.19. The van der Waals surface area contributed by atoms with Crippen molar-refractivity contribution in [3.63, 3.8) is 0 Å². The van der Waals surface area contributed by atoms with Crippen LogP contribution in [-0.4, -0.2) is 44.5 Å². The van der Waals surface area contributed by atoms with Crippen LogP contribution in [0.4, 0.5) is 0 Å². The Balaban J connectivity index is 1.87.